The number of hydrogen-bond donors (Lipinski definition) is 2. The third-order valence-corrected chi connectivity index (χ3v) is 4.54. The van der Waals surface area contributed by atoms with E-state index in [-0.39, 0.29) is 11.4 Å². The molecule has 0 fully saturated rings. The lowest BCUT2D eigenvalue weighted by Crippen LogP contribution is -2.50. The number of carbonyl (C=O) groups excluding carboxylic acids is 1. The highest BCUT2D eigenvalue weighted by atomic mass is 16.2. The fraction of sp³-hybridized carbons (Fsp3) is 0.250. The van der Waals surface area contributed by atoms with E-state index in [0.717, 1.165) is 24.8 Å². The SMILES string of the molecule is C=CCC1(NNC(=O)c2cccc(C)c2)CCc2ccccc21. The Morgan fingerprint density at radius 3 is 2.87 bits per heavy atom. The first kappa shape index (κ1) is 15.5. The molecule has 0 radical (unpaired) electrons. The van der Waals surface area contributed by atoms with E-state index in [9.17, 15) is 4.79 Å². The van der Waals surface area contributed by atoms with Gasteiger partial charge < -0.3 is 0 Å². The molecule has 2 aromatic rings. The van der Waals surface area contributed by atoms with E-state index in [1.165, 1.54) is 11.1 Å². The fourth-order valence-corrected chi connectivity index (χ4v) is 3.36. The number of aryl methyl sites for hydroxylation is 2. The summed E-state index contributed by atoms with van der Waals surface area (Å²) in [5.74, 6) is -0.110. The van der Waals surface area contributed by atoms with E-state index < -0.39 is 0 Å². The summed E-state index contributed by atoms with van der Waals surface area (Å²) in [5, 5.41) is 0. The van der Waals surface area contributed by atoms with Crippen LogP contribution in [0.25, 0.3) is 0 Å². The van der Waals surface area contributed by atoms with Gasteiger partial charge in [0.15, 0.2) is 0 Å². The zero-order valence-electron chi connectivity index (χ0n) is 13.4. The minimum Gasteiger partial charge on any atom is -0.287 e. The molecule has 0 saturated heterocycles. The Labute approximate surface area is 137 Å². The summed E-state index contributed by atoms with van der Waals surface area (Å²) < 4.78 is 0. The molecule has 3 nitrogen and oxygen atoms in total. The third-order valence-electron chi connectivity index (χ3n) is 4.54. The molecule has 0 saturated carbocycles. The van der Waals surface area contributed by atoms with E-state index in [1.54, 1.807) is 0 Å². The first-order valence-corrected chi connectivity index (χ1v) is 7.98. The maximum absolute atomic E-state index is 12.4. The number of benzene rings is 2. The van der Waals surface area contributed by atoms with Gasteiger partial charge in [-0.25, -0.2) is 5.43 Å². The van der Waals surface area contributed by atoms with E-state index in [2.05, 4.69) is 35.6 Å². The summed E-state index contributed by atoms with van der Waals surface area (Å²) in [6.07, 6.45) is 4.65. The minimum atomic E-state index is -0.266. The Morgan fingerprint density at radius 2 is 2.09 bits per heavy atom. The van der Waals surface area contributed by atoms with Crippen LogP contribution in [-0.4, -0.2) is 5.91 Å². The van der Waals surface area contributed by atoms with Crippen molar-refractivity contribution in [3.63, 3.8) is 0 Å². The molecule has 1 aliphatic rings. The first-order valence-electron chi connectivity index (χ1n) is 7.98. The highest BCUT2D eigenvalue weighted by molar-refractivity contribution is 5.94. The number of hydrogen-bond acceptors (Lipinski definition) is 2. The van der Waals surface area contributed by atoms with Gasteiger partial charge in [0.2, 0.25) is 0 Å². The molecule has 2 N–H and O–H groups in total. The average Bonchev–Trinajstić information content (AvgIpc) is 2.92. The van der Waals surface area contributed by atoms with Crippen molar-refractivity contribution in [2.75, 3.05) is 0 Å². The molecule has 1 unspecified atom stereocenters. The lowest BCUT2D eigenvalue weighted by Gasteiger charge is -2.31. The minimum absolute atomic E-state index is 0.110. The molecule has 0 spiro atoms. The number of amides is 1. The predicted octanol–water partition coefficient (Wildman–Crippen LogP) is 3.65. The van der Waals surface area contributed by atoms with Crippen molar-refractivity contribution in [3.8, 4) is 0 Å². The van der Waals surface area contributed by atoms with Crippen LogP contribution < -0.4 is 10.9 Å². The molecule has 118 valence electrons. The maximum atomic E-state index is 12.4. The van der Waals surface area contributed by atoms with Gasteiger partial charge in [-0.05, 0) is 49.4 Å². The van der Waals surface area contributed by atoms with Crippen molar-refractivity contribution >= 4 is 5.91 Å². The molecule has 3 heteroatoms. The fourth-order valence-electron chi connectivity index (χ4n) is 3.36. The van der Waals surface area contributed by atoms with E-state index in [1.807, 2.05) is 43.3 Å². The van der Waals surface area contributed by atoms with Crippen molar-refractivity contribution in [1.82, 2.24) is 10.9 Å². The Hall–Kier alpha value is -2.39. The monoisotopic (exact) mass is 306 g/mol. The van der Waals surface area contributed by atoms with Crippen LogP contribution in [0.3, 0.4) is 0 Å². The maximum Gasteiger partial charge on any atom is 0.265 e. The molecule has 0 heterocycles. The number of nitrogens with one attached hydrogen (secondary N) is 2. The molecule has 1 amide bonds. The summed E-state index contributed by atoms with van der Waals surface area (Å²) in [6, 6.07) is 16.0. The van der Waals surface area contributed by atoms with Crippen LogP contribution in [0.2, 0.25) is 0 Å². The molecule has 1 atom stereocenters. The second kappa shape index (κ2) is 6.39. The van der Waals surface area contributed by atoms with Gasteiger partial charge in [0.25, 0.3) is 5.91 Å². The molecule has 2 aromatic carbocycles. The Morgan fingerprint density at radius 1 is 1.26 bits per heavy atom. The molecule has 0 aliphatic heterocycles. The zero-order valence-corrected chi connectivity index (χ0v) is 13.4. The quantitative estimate of drug-likeness (QED) is 0.654. The summed E-state index contributed by atoms with van der Waals surface area (Å²) in [5.41, 5.74) is 10.3. The standard InChI is InChI=1S/C20H22N2O/c1-3-12-20(13-11-16-8-4-5-10-18(16)20)22-21-19(23)17-9-6-7-15(2)14-17/h3-10,14,22H,1,11-13H2,2H3,(H,21,23). The van der Waals surface area contributed by atoms with E-state index in [0.29, 0.717) is 5.56 Å². The largest absolute Gasteiger partial charge is 0.287 e. The topological polar surface area (TPSA) is 41.1 Å². The van der Waals surface area contributed by atoms with E-state index in [4.69, 9.17) is 0 Å². The predicted molar refractivity (Wildman–Crippen MR) is 93.0 cm³/mol. The zero-order chi connectivity index (χ0) is 16.3. The van der Waals surface area contributed by atoms with Gasteiger partial charge in [0, 0.05) is 5.56 Å². The van der Waals surface area contributed by atoms with Gasteiger partial charge in [0.05, 0.1) is 5.54 Å². The van der Waals surface area contributed by atoms with E-state index >= 15 is 0 Å². The number of fused-ring (bicyclic) bond motifs is 1. The summed E-state index contributed by atoms with van der Waals surface area (Å²) in [6.45, 7) is 5.87. The van der Waals surface area contributed by atoms with Gasteiger partial charge in [-0.3, -0.25) is 10.2 Å². The highest BCUT2D eigenvalue weighted by Crippen LogP contribution is 2.39. The Bertz CT molecular complexity index is 738. The van der Waals surface area contributed by atoms with Gasteiger partial charge in [-0.2, -0.15) is 0 Å². The summed E-state index contributed by atoms with van der Waals surface area (Å²) >= 11 is 0. The average molecular weight is 306 g/mol. The normalized spacial score (nSPS) is 19.2. The molecule has 1 aliphatic carbocycles. The van der Waals surface area contributed by atoms with Gasteiger partial charge in [0.1, 0.15) is 0 Å². The molecular formula is C20H22N2O. The Kier molecular flexibility index (Phi) is 4.30. The number of hydrazine groups is 1. The second-order valence-electron chi connectivity index (χ2n) is 6.18. The summed E-state index contributed by atoms with van der Waals surface area (Å²) in [4.78, 5) is 12.4. The number of rotatable bonds is 5. The van der Waals surface area contributed by atoms with Crippen molar-refractivity contribution in [2.45, 2.75) is 31.7 Å². The second-order valence-corrected chi connectivity index (χ2v) is 6.18. The van der Waals surface area contributed by atoms with Crippen LogP contribution in [0.15, 0.2) is 61.2 Å². The molecular weight excluding hydrogens is 284 g/mol. The molecule has 0 bridgehead atoms. The highest BCUT2D eigenvalue weighted by Gasteiger charge is 2.37. The smallest absolute Gasteiger partial charge is 0.265 e. The van der Waals surface area contributed by atoms with Gasteiger partial charge in [-0.15, -0.1) is 6.58 Å². The van der Waals surface area contributed by atoms with Crippen LogP contribution in [0, 0.1) is 6.92 Å². The van der Waals surface area contributed by atoms with Crippen molar-refractivity contribution < 1.29 is 4.79 Å². The van der Waals surface area contributed by atoms with Crippen LogP contribution in [0.1, 0.15) is 39.9 Å². The number of carbonyl (C=O) groups is 1. The van der Waals surface area contributed by atoms with Gasteiger partial charge in [-0.1, -0.05) is 48.0 Å². The van der Waals surface area contributed by atoms with Crippen molar-refractivity contribution in [1.29, 1.82) is 0 Å². The summed E-state index contributed by atoms with van der Waals surface area (Å²) in [7, 11) is 0. The third kappa shape index (κ3) is 3.06. The van der Waals surface area contributed by atoms with Crippen LogP contribution in [0.5, 0.6) is 0 Å². The molecule has 3 rings (SSSR count). The lowest BCUT2D eigenvalue weighted by atomic mass is 9.89. The molecule has 0 aromatic heterocycles. The van der Waals surface area contributed by atoms with Crippen LogP contribution in [-0.2, 0) is 12.0 Å². The van der Waals surface area contributed by atoms with Crippen molar-refractivity contribution in [2.24, 2.45) is 0 Å². The van der Waals surface area contributed by atoms with Gasteiger partial charge >= 0.3 is 0 Å². The lowest BCUT2D eigenvalue weighted by molar-refractivity contribution is 0.0902. The van der Waals surface area contributed by atoms with Crippen LogP contribution in [0.4, 0.5) is 0 Å². The Balaban J connectivity index is 1.79. The molecule has 23 heavy (non-hydrogen) atoms. The van der Waals surface area contributed by atoms with Crippen molar-refractivity contribution in [3.05, 3.63) is 83.4 Å². The first-order chi connectivity index (χ1) is 11.1. The van der Waals surface area contributed by atoms with Crippen LogP contribution >= 0.6 is 0 Å².